The minimum absolute atomic E-state index is 0.178. The molecule has 3 rings (SSSR count). The fraction of sp³-hybridized carbons (Fsp3) is 0.312. The largest absolute Gasteiger partial charge is 0.484 e. The Balaban J connectivity index is 1.60. The van der Waals surface area contributed by atoms with Crippen molar-refractivity contribution in [2.75, 3.05) is 11.1 Å². The number of nitrogens with zero attached hydrogens (tertiary/aromatic N) is 5. The Morgan fingerprint density at radius 2 is 2.11 bits per heavy atom. The molecule has 2 heterocycles. The summed E-state index contributed by atoms with van der Waals surface area (Å²) in [4.78, 5) is 12.1. The van der Waals surface area contributed by atoms with E-state index in [1.165, 1.54) is 23.1 Å². The fourth-order valence-corrected chi connectivity index (χ4v) is 3.98. The molecule has 0 aliphatic rings. The first kappa shape index (κ1) is 20.8. The van der Waals surface area contributed by atoms with Gasteiger partial charge in [-0.15, -0.1) is 20.4 Å². The van der Waals surface area contributed by atoms with Gasteiger partial charge in [0.2, 0.25) is 11.0 Å². The van der Waals surface area contributed by atoms with Crippen LogP contribution in [0.25, 0.3) is 0 Å². The van der Waals surface area contributed by atoms with E-state index in [9.17, 15) is 4.79 Å². The molecular weight excluding hydrogens is 443 g/mol. The number of aromatic nitrogens is 5. The first-order chi connectivity index (χ1) is 13.5. The summed E-state index contributed by atoms with van der Waals surface area (Å²) in [5, 5.41) is 21.7. The van der Waals surface area contributed by atoms with Crippen molar-refractivity contribution >= 4 is 57.3 Å². The Bertz CT molecular complexity index is 978. The summed E-state index contributed by atoms with van der Waals surface area (Å²) < 4.78 is 7.60. The molecule has 148 valence electrons. The third-order valence-electron chi connectivity index (χ3n) is 3.46. The number of benzene rings is 1. The van der Waals surface area contributed by atoms with Crippen LogP contribution < -0.4 is 10.1 Å². The first-order valence-corrected chi connectivity index (χ1v) is 10.7. The van der Waals surface area contributed by atoms with Gasteiger partial charge in [0.25, 0.3) is 0 Å². The van der Waals surface area contributed by atoms with Crippen molar-refractivity contribution in [2.24, 2.45) is 0 Å². The normalized spacial score (nSPS) is 10.9. The van der Waals surface area contributed by atoms with Gasteiger partial charge in [0.05, 0.1) is 10.8 Å². The molecule has 28 heavy (non-hydrogen) atoms. The van der Waals surface area contributed by atoms with Crippen molar-refractivity contribution in [3.05, 3.63) is 39.1 Å². The Morgan fingerprint density at radius 3 is 2.82 bits per heavy atom. The second-order valence-corrected chi connectivity index (χ2v) is 8.44. The molecule has 12 heteroatoms. The van der Waals surface area contributed by atoms with Gasteiger partial charge >= 0.3 is 0 Å². The summed E-state index contributed by atoms with van der Waals surface area (Å²) in [7, 11) is 0. The molecule has 1 N–H and O–H groups in total. The molecule has 1 amide bonds. The van der Waals surface area contributed by atoms with Crippen LogP contribution in [0.3, 0.4) is 0 Å². The zero-order chi connectivity index (χ0) is 20.1. The van der Waals surface area contributed by atoms with Crippen LogP contribution in [-0.2, 0) is 17.9 Å². The van der Waals surface area contributed by atoms with E-state index in [-0.39, 0.29) is 18.3 Å². The Kier molecular flexibility index (Phi) is 7.11. The lowest BCUT2D eigenvalue weighted by Gasteiger charge is -2.10. The lowest BCUT2D eigenvalue weighted by molar-refractivity contribution is -0.113. The number of hydrogen-bond donors (Lipinski definition) is 1. The highest BCUT2D eigenvalue weighted by Crippen LogP contribution is 2.28. The van der Waals surface area contributed by atoms with Crippen LogP contribution in [0.15, 0.2) is 23.4 Å². The van der Waals surface area contributed by atoms with E-state index in [0.29, 0.717) is 38.5 Å². The standard InChI is InChI=1S/C16H16Cl2N6O2S2/c1-3-24-13(7-26-12-6-10(17)4-5-11(12)18)21-23-16(24)27-8-14(25)19-15-22-20-9(2)28-15/h4-6H,3,7-8H2,1-2H3,(H,19,22,25). The number of thioether (sulfide) groups is 1. The quantitative estimate of drug-likeness (QED) is 0.508. The molecule has 0 radical (unpaired) electrons. The van der Waals surface area contributed by atoms with Crippen molar-refractivity contribution in [3.63, 3.8) is 0 Å². The predicted molar refractivity (Wildman–Crippen MR) is 110 cm³/mol. The number of aryl methyl sites for hydroxylation is 1. The number of halogens is 2. The molecule has 0 saturated heterocycles. The third-order valence-corrected chi connectivity index (χ3v) is 5.73. The highest BCUT2D eigenvalue weighted by atomic mass is 35.5. The number of nitrogens with one attached hydrogen (secondary N) is 1. The number of hydrogen-bond acceptors (Lipinski definition) is 8. The second kappa shape index (κ2) is 9.55. The van der Waals surface area contributed by atoms with Crippen molar-refractivity contribution in [1.82, 2.24) is 25.0 Å². The number of carbonyl (C=O) groups excluding carboxylic acids is 1. The number of amides is 1. The minimum Gasteiger partial charge on any atom is -0.484 e. The zero-order valence-corrected chi connectivity index (χ0v) is 18.1. The van der Waals surface area contributed by atoms with Crippen molar-refractivity contribution in [2.45, 2.75) is 32.2 Å². The SMILES string of the molecule is CCn1c(COc2cc(Cl)ccc2Cl)nnc1SCC(=O)Nc1nnc(C)s1. The van der Waals surface area contributed by atoms with E-state index in [1.807, 2.05) is 18.4 Å². The van der Waals surface area contributed by atoms with Crippen LogP contribution in [0.1, 0.15) is 17.8 Å². The fourth-order valence-electron chi connectivity index (χ4n) is 2.21. The van der Waals surface area contributed by atoms with Gasteiger partial charge in [-0.1, -0.05) is 46.3 Å². The maximum atomic E-state index is 12.1. The van der Waals surface area contributed by atoms with Gasteiger partial charge in [0.15, 0.2) is 11.0 Å². The van der Waals surface area contributed by atoms with Gasteiger partial charge < -0.3 is 9.30 Å². The first-order valence-electron chi connectivity index (χ1n) is 8.19. The number of anilines is 1. The smallest absolute Gasteiger partial charge is 0.236 e. The van der Waals surface area contributed by atoms with Gasteiger partial charge in [-0.3, -0.25) is 10.1 Å². The van der Waals surface area contributed by atoms with Crippen LogP contribution in [0, 0.1) is 6.92 Å². The number of rotatable bonds is 8. The van der Waals surface area contributed by atoms with Gasteiger partial charge in [0.1, 0.15) is 17.4 Å². The van der Waals surface area contributed by atoms with E-state index in [1.54, 1.807) is 18.2 Å². The van der Waals surface area contributed by atoms with Crippen LogP contribution in [-0.4, -0.2) is 36.6 Å². The van der Waals surface area contributed by atoms with Crippen LogP contribution in [0.2, 0.25) is 10.0 Å². The Morgan fingerprint density at radius 1 is 1.29 bits per heavy atom. The molecule has 8 nitrogen and oxygen atoms in total. The highest BCUT2D eigenvalue weighted by Gasteiger charge is 2.15. The molecule has 2 aromatic heterocycles. The molecular formula is C16H16Cl2N6O2S2. The minimum atomic E-state index is -0.185. The molecule has 1 aromatic carbocycles. The lowest BCUT2D eigenvalue weighted by Crippen LogP contribution is -2.14. The summed E-state index contributed by atoms with van der Waals surface area (Å²) in [6.45, 7) is 4.60. The summed E-state index contributed by atoms with van der Waals surface area (Å²) in [5.41, 5.74) is 0. The molecule has 0 saturated carbocycles. The van der Waals surface area contributed by atoms with Crippen molar-refractivity contribution in [1.29, 1.82) is 0 Å². The summed E-state index contributed by atoms with van der Waals surface area (Å²) in [6.07, 6.45) is 0. The van der Waals surface area contributed by atoms with Crippen molar-refractivity contribution in [3.8, 4) is 5.75 Å². The molecule has 0 unspecified atom stereocenters. The van der Waals surface area contributed by atoms with E-state index in [0.717, 1.165) is 5.01 Å². The Labute approximate surface area is 179 Å². The van der Waals surface area contributed by atoms with E-state index in [2.05, 4.69) is 25.7 Å². The van der Waals surface area contributed by atoms with E-state index < -0.39 is 0 Å². The monoisotopic (exact) mass is 458 g/mol. The van der Waals surface area contributed by atoms with E-state index in [4.69, 9.17) is 27.9 Å². The van der Waals surface area contributed by atoms with Gasteiger partial charge in [-0.2, -0.15) is 0 Å². The third kappa shape index (κ3) is 5.34. The number of carbonyl (C=O) groups is 1. The molecule has 0 aliphatic carbocycles. The molecule has 0 spiro atoms. The molecule has 3 aromatic rings. The van der Waals surface area contributed by atoms with Crippen LogP contribution in [0.5, 0.6) is 5.75 Å². The van der Waals surface area contributed by atoms with E-state index >= 15 is 0 Å². The second-order valence-electron chi connectivity index (χ2n) is 5.47. The topological polar surface area (TPSA) is 94.8 Å². The lowest BCUT2D eigenvalue weighted by atomic mass is 10.3. The predicted octanol–water partition coefficient (Wildman–Crippen LogP) is 4.07. The average molecular weight is 459 g/mol. The summed E-state index contributed by atoms with van der Waals surface area (Å²) in [5.74, 6) is 1.09. The molecule has 0 atom stereocenters. The van der Waals surface area contributed by atoms with Crippen LogP contribution in [0.4, 0.5) is 5.13 Å². The summed E-state index contributed by atoms with van der Waals surface area (Å²) >= 11 is 14.7. The van der Waals surface area contributed by atoms with Gasteiger partial charge in [-0.25, -0.2) is 0 Å². The molecule has 0 aliphatic heterocycles. The zero-order valence-electron chi connectivity index (χ0n) is 15.0. The van der Waals surface area contributed by atoms with Crippen molar-refractivity contribution < 1.29 is 9.53 Å². The van der Waals surface area contributed by atoms with Crippen LogP contribution >= 0.6 is 46.3 Å². The molecule has 0 bridgehead atoms. The average Bonchev–Trinajstić information content (AvgIpc) is 3.26. The molecule has 0 fully saturated rings. The maximum absolute atomic E-state index is 12.1. The van der Waals surface area contributed by atoms with Gasteiger partial charge in [0, 0.05) is 17.6 Å². The Hall–Kier alpha value is -1.88. The maximum Gasteiger partial charge on any atom is 0.236 e. The van der Waals surface area contributed by atoms with Gasteiger partial charge in [-0.05, 0) is 26.0 Å². The summed E-state index contributed by atoms with van der Waals surface area (Å²) in [6, 6.07) is 5.00. The highest BCUT2D eigenvalue weighted by molar-refractivity contribution is 7.99. The number of ether oxygens (including phenoxy) is 1.